The molecule has 1 aromatic rings. The van der Waals surface area contributed by atoms with Gasteiger partial charge in [-0.05, 0) is 19.1 Å². The van der Waals surface area contributed by atoms with Gasteiger partial charge in [-0.3, -0.25) is 9.59 Å². The van der Waals surface area contributed by atoms with E-state index in [-0.39, 0.29) is 12.5 Å². The zero-order chi connectivity index (χ0) is 12.0. The average Bonchev–Trinajstić information content (AvgIpc) is 2.32. The van der Waals surface area contributed by atoms with Crippen LogP contribution in [0.15, 0.2) is 24.3 Å². The molecule has 5 nitrogen and oxygen atoms in total. The fraction of sp³-hybridized carbons (Fsp3) is 0.273. The number of nitrogens with one attached hydrogen (secondary N) is 1. The van der Waals surface area contributed by atoms with Gasteiger partial charge >= 0.3 is 0 Å². The normalized spacial score (nSPS) is 9.62. The maximum absolute atomic E-state index is 11.6. The second kappa shape index (κ2) is 5.87. The number of nitrogens with two attached hydrogens (primary N) is 1. The minimum Gasteiger partial charge on any atom is -0.327 e. The van der Waals surface area contributed by atoms with Crippen LogP contribution in [0.5, 0.6) is 0 Å². The minimum atomic E-state index is -0.178. The van der Waals surface area contributed by atoms with Crippen molar-refractivity contribution in [1.29, 1.82) is 0 Å². The molecule has 16 heavy (non-hydrogen) atoms. The minimum absolute atomic E-state index is 0.0523. The van der Waals surface area contributed by atoms with Gasteiger partial charge in [0.2, 0.25) is 12.3 Å². The standard InChI is InChI=1S/C11H15N3O2/c1-2-14(11(16)7-12)10-6-4-3-5-9(10)13-8-15/h3-6,8H,2,7,12H2,1H3,(H,13,15). The van der Waals surface area contributed by atoms with Gasteiger partial charge in [0, 0.05) is 6.54 Å². The van der Waals surface area contributed by atoms with Gasteiger partial charge in [-0.25, -0.2) is 0 Å². The smallest absolute Gasteiger partial charge is 0.240 e. The molecule has 0 aromatic heterocycles. The maximum Gasteiger partial charge on any atom is 0.240 e. The number of carbonyl (C=O) groups excluding carboxylic acids is 2. The quantitative estimate of drug-likeness (QED) is 0.713. The van der Waals surface area contributed by atoms with Crippen LogP contribution >= 0.6 is 0 Å². The van der Waals surface area contributed by atoms with E-state index in [9.17, 15) is 9.59 Å². The molecule has 0 atom stereocenters. The number of carbonyl (C=O) groups is 2. The fourth-order valence-electron chi connectivity index (χ4n) is 1.49. The summed E-state index contributed by atoms with van der Waals surface area (Å²) >= 11 is 0. The Hall–Kier alpha value is -1.88. The molecule has 0 aliphatic heterocycles. The summed E-state index contributed by atoms with van der Waals surface area (Å²) in [7, 11) is 0. The Morgan fingerprint density at radius 1 is 1.50 bits per heavy atom. The monoisotopic (exact) mass is 221 g/mol. The summed E-state index contributed by atoms with van der Waals surface area (Å²) < 4.78 is 0. The number of hydrogen-bond donors (Lipinski definition) is 2. The summed E-state index contributed by atoms with van der Waals surface area (Å²) in [6.45, 7) is 2.31. The molecule has 0 unspecified atom stereocenters. The van der Waals surface area contributed by atoms with Crippen molar-refractivity contribution in [1.82, 2.24) is 0 Å². The van der Waals surface area contributed by atoms with Gasteiger partial charge in [-0.1, -0.05) is 12.1 Å². The number of anilines is 2. The van der Waals surface area contributed by atoms with Crippen molar-refractivity contribution < 1.29 is 9.59 Å². The van der Waals surface area contributed by atoms with Gasteiger partial charge in [-0.15, -0.1) is 0 Å². The van der Waals surface area contributed by atoms with Crippen molar-refractivity contribution in [2.24, 2.45) is 5.73 Å². The number of rotatable bonds is 5. The van der Waals surface area contributed by atoms with Gasteiger partial charge in [-0.2, -0.15) is 0 Å². The molecule has 0 fully saturated rings. The number of benzene rings is 1. The Labute approximate surface area is 94.2 Å². The summed E-state index contributed by atoms with van der Waals surface area (Å²) in [6.07, 6.45) is 0.583. The molecular formula is C11H15N3O2. The molecule has 3 N–H and O–H groups in total. The van der Waals surface area contributed by atoms with E-state index in [1.165, 1.54) is 4.90 Å². The van der Waals surface area contributed by atoms with Crippen molar-refractivity contribution in [2.45, 2.75) is 6.92 Å². The third-order valence-electron chi connectivity index (χ3n) is 2.20. The molecule has 2 amide bonds. The van der Waals surface area contributed by atoms with Crippen molar-refractivity contribution in [2.75, 3.05) is 23.3 Å². The molecule has 1 aromatic carbocycles. The number of hydrogen-bond acceptors (Lipinski definition) is 3. The topological polar surface area (TPSA) is 75.4 Å². The summed E-state index contributed by atoms with van der Waals surface area (Å²) in [6, 6.07) is 7.09. The number of nitrogens with zero attached hydrogens (tertiary/aromatic N) is 1. The lowest BCUT2D eigenvalue weighted by Gasteiger charge is -2.22. The van der Waals surface area contributed by atoms with Crippen LogP contribution in [0.2, 0.25) is 0 Å². The van der Waals surface area contributed by atoms with Crippen LogP contribution in [0.1, 0.15) is 6.92 Å². The van der Waals surface area contributed by atoms with Crippen molar-refractivity contribution in [3.8, 4) is 0 Å². The summed E-state index contributed by atoms with van der Waals surface area (Å²) in [4.78, 5) is 23.6. The Morgan fingerprint density at radius 3 is 2.75 bits per heavy atom. The van der Waals surface area contributed by atoms with Crippen LogP contribution in [0.4, 0.5) is 11.4 Å². The third-order valence-corrected chi connectivity index (χ3v) is 2.20. The van der Waals surface area contributed by atoms with E-state index in [1.807, 2.05) is 6.92 Å². The molecule has 0 saturated heterocycles. The van der Waals surface area contributed by atoms with Crippen LogP contribution in [0.25, 0.3) is 0 Å². The second-order valence-electron chi connectivity index (χ2n) is 3.12. The number of para-hydroxylation sites is 2. The van der Waals surface area contributed by atoms with Gasteiger partial charge in [0.15, 0.2) is 0 Å². The molecule has 0 bridgehead atoms. The van der Waals surface area contributed by atoms with E-state index in [0.717, 1.165) is 0 Å². The van der Waals surface area contributed by atoms with E-state index in [0.29, 0.717) is 24.3 Å². The number of amides is 2. The first-order valence-electron chi connectivity index (χ1n) is 5.04. The van der Waals surface area contributed by atoms with E-state index in [1.54, 1.807) is 24.3 Å². The SMILES string of the molecule is CCN(C(=O)CN)c1ccccc1NC=O. The lowest BCUT2D eigenvalue weighted by molar-refractivity contribution is -0.117. The molecule has 0 heterocycles. The Morgan fingerprint density at radius 2 is 2.19 bits per heavy atom. The predicted octanol–water partition coefficient (Wildman–Crippen LogP) is 0.566. The van der Waals surface area contributed by atoms with Gasteiger partial charge < -0.3 is 16.0 Å². The summed E-state index contributed by atoms with van der Waals surface area (Å²) in [5.41, 5.74) is 6.59. The van der Waals surface area contributed by atoms with E-state index < -0.39 is 0 Å². The molecule has 0 radical (unpaired) electrons. The van der Waals surface area contributed by atoms with Crippen LogP contribution in [0, 0.1) is 0 Å². The van der Waals surface area contributed by atoms with Crippen molar-refractivity contribution >= 4 is 23.7 Å². The first-order valence-corrected chi connectivity index (χ1v) is 5.04. The van der Waals surface area contributed by atoms with Crippen LogP contribution in [-0.2, 0) is 9.59 Å². The number of likely N-dealkylation sites (N-methyl/N-ethyl adjacent to an activating group) is 1. The molecule has 0 aliphatic carbocycles. The molecular weight excluding hydrogens is 206 g/mol. The first kappa shape index (κ1) is 12.2. The lowest BCUT2D eigenvalue weighted by atomic mass is 10.2. The largest absolute Gasteiger partial charge is 0.327 e. The van der Waals surface area contributed by atoms with Crippen molar-refractivity contribution in [3.63, 3.8) is 0 Å². The predicted molar refractivity (Wildman–Crippen MR) is 63.2 cm³/mol. The first-order chi connectivity index (χ1) is 7.74. The zero-order valence-electron chi connectivity index (χ0n) is 9.14. The Kier molecular flexibility index (Phi) is 4.47. The Bertz CT molecular complexity index is 379. The van der Waals surface area contributed by atoms with E-state index >= 15 is 0 Å². The maximum atomic E-state index is 11.6. The van der Waals surface area contributed by atoms with E-state index in [4.69, 9.17) is 5.73 Å². The fourth-order valence-corrected chi connectivity index (χ4v) is 1.49. The zero-order valence-corrected chi connectivity index (χ0v) is 9.14. The highest BCUT2D eigenvalue weighted by Gasteiger charge is 2.14. The van der Waals surface area contributed by atoms with E-state index in [2.05, 4.69) is 5.32 Å². The highest BCUT2D eigenvalue weighted by Crippen LogP contribution is 2.24. The molecule has 0 aliphatic rings. The highest BCUT2D eigenvalue weighted by molar-refractivity contribution is 5.98. The van der Waals surface area contributed by atoms with Crippen LogP contribution in [-0.4, -0.2) is 25.4 Å². The average molecular weight is 221 g/mol. The highest BCUT2D eigenvalue weighted by atomic mass is 16.2. The molecule has 0 saturated carbocycles. The summed E-state index contributed by atoms with van der Waals surface area (Å²) in [5.74, 6) is -0.178. The van der Waals surface area contributed by atoms with Gasteiger partial charge in [0.05, 0.1) is 17.9 Å². The van der Waals surface area contributed by atoms with Crippen LogP contribution < -0.4 is 16.0 Å². The third kappa shape index (κ3) is 2.58. The van der Waals surface area contributed by atoms with Crippen molar-refractivity contribution in [3.05, 3.63) is 24.3 Å². The molecule has 1 rings (SSSR count). The van der Waals surface area contributed by atoms with Gasteiger partial charge in [0.1, 0.15) is 0 Å². The van der Waals surface area contributed by atoms with Gasteiger partial charge in [0.25, 0.3) is 0 Å². The Balaban J connectivity index is 3.08. The second-order valence-corrected chi connectivity index (χ2v) is 3.12. The van der Waals surface area contributed by atoms with Crippen LogP contribution in [0.3, 0.4) is 0 Å². The summed E-state index contributed by atoms with van der Waals surface area (Å²) in [5, 5.41) is 2.55. The molecule has 86 valence electrons. The molecule has 0 spiro atoms. The molecule has 5 heteroatoms. The lowest BCUT2D eigenvalue weighted by Crippen LogP contribution is -2.36.